The van der Waals surface area contributed by atoms with Crippen molar-refractivity contribution in [1.82, 2.24) is 9.80 Å². The fourth-order valence-electron chi connectivity index (χ4n) is 4.06. The zero-order valence-corrected chi connectivity index (χ0v) is 14.9. The molecule has 2 fully saturated rings. The molecule has 0 aliphatic carbocycles. The zero-order valence-electron chi connectivity index (χ0n) is 14.9. The molecule has 0 aromatic heterocycles. The van der Waals surface area contributed by atoms with E-state index in [9.17, 15) is 14.0 Å². The van der Waals surface area contributed by atoms with Gasteiger partial charge in [-0.25, -0.2) is 4.39 Å². The van der Waals surface area contributed by atoms with Crippen LogP contribution >= 0.6 is 0 Å². The first-order valence-electron chi connectivity index (χ1n) is 9.08. The number of carbonyl (C=O) groups is 2. The number of aryl methyl sites for hydroxylation is 1. The zero-order chi connectivity index (χ0) is 18.0. The number of halogens is 1. The first kappa shape index (κ1) is 17.9. The second-order valence-electron chi connectivity index (χ2n) is 7.13. The number of nitrogens with one attached hydrogen (secondary N) is 1. The summed E-state index contributed by atoms with van der Waals surface area (Å²) in [6, 6.07) is 4.70. The Balaban J connectivity index is 1.67. The van der Waals surface area contributed by atoms with E-state index in [4.69, 9.17) is 0 Å². The van der Waals surface area contributed by atoms with Crippen molar-refractivity contribution in [2.45, 2.75) is 38.6 Å². The van der Waals surface area contributed by atoms with Gasteiger partial charge in [0.1, 0.15) is 5.82 Å². The predicted octanol–water partition coefficient (Wildman–Crippen LogP) is 2.27. The normalized spacial score (nSPS) is 23.9. The molecule has 0 radical (unpaired) electrons. The first-order chi connectivity index (χ1) is 12.0. The fraction of sp³-hybridized carbons (Fsp3) is 0.579. The van der Waals surface area contributed by atoms with Crippen LogP contribution < -0.4 is 5.32 Å². The monoisotopic (exact) mass is 347 g/mol. The minimum atomic E-state index is -0.678. The fourth-order valence-corrected chi connectivity index (χ4v) is 4.06. The molecule has 1 aromatic rings. The Morgan fingerprint density at radius 1 is 1.28 bits per heavy atom. The van der Waals surface area contributed by atoms with Gasteiger partial charge in [-0.2, -0.15) is 0 Å². The number of rotatable bonds is 2. The number of fused-ring (bicyclic) bond motifs is 1. The maximum atomic E-state index is 13.9. The minimum Gasteiger partial charge on any atom is -0.331 e. The van der Waals surface area contributed by atoms with Gasteiger partial charge in [-0.05, 0) is 62.9 Å². The molecule has 2 atom stereocenters. The molecule has 2 saturated heterocycles. The summed E-state index contributed by atoms with van der Waals surface area (Å²) in [4.78, 5) is 29.0. The molecular weight excluding hydrogens is 321 g/mol. The maximum absolute atomic E-state index is 13.9. The minimum absolute atomic E-state index is 0.141. The van der Waals surface area contributed by atoms with Gasteiger partial charge in [0.05, 0.1) is 0 Å². The van der Waals surface area contributed by atoms with Gasteiger partial charge < -0.3 is 15.1 Å². The van der Waals surface area contributed by atoms with E-state index < -0.39 is 11.8 Å². The molecular formula is C19H26FN3O2. The molecule has 2 aliphatic heterocycles. The molecule has 2 heterocycles. The molecule has 0 bridgehead atoms. The summed E-state index contributed by atoms with van der Waals surface area (Å²) in [5.41, 5.74) is 0.916. The Hall–Kier alpha value is -1.95. The van der Waals surface area contributed by atoms with E-state index in [0.717, 1.165) is 32.4 Å². The Bertz CT molecular complexity index is 664. The average molecular weight is 347 g/mol. The van der Waals surface area contributed by atoms with Crippen LogP contribution in [0.25, 0.3) is 0 Å². The highest BCUT2D eigenvalue weighted by molar-refractivity contribution is 6.39. The van der Waals surface area contributed by atoms with Crippen LogP contribution in [0.5, 0.6) is 0 Å². The first-order valence-corrected chi connectivity index (χ1v) is 9.08. The predicted molar refractivity (Wildman–Crippen MR) is 94.7 cm³/mol. The largest absolute Gasteiger partial charge is 0.331 e. The molecule has 0 saturated carbocycles. The second kappa shape index (κ2) is 7.52. The van der Waals surface area contributed by atoms with Crippen LogP contribution in [0, 0.1) is 11.7 Å². The van der Waals surface area contributed by atoms with Crippen LogP contribution in [0.15, 0.2) is 18.2 Å². The van der Waals surface area contributed by atoms with Gasteiger partial charge in [-0.3, -0.25) is 9.59 Å². The molecule has 1 N–H and O–H groups in total. The quantitative estimate of drug-likeness (QED) is 0.835. The van der Waals surface area contributed by atoms with Gasteiger partial charge in [0.15, 0.2) is 0 Å². The number of hydrogen-bond acceptors (Lipinski definition) is 3. The Morgan fingerprint density at radius 2 is 2.08 bits per heavy atom. The number of nitrogens with zero attached hydrogens (tertiary/aromatic N) is 2. The molecule has 3 rings (SSSR count). The molecule has 25 heavy (non-hydrogen) atoms. The lowest BCUT2D eigenvalue weighted by Gasteiger charge is -2.46. The summed E-state index contributed by atoms with van der Waals surface area (Å²) in [7, 11) is 2.10. The van der Waals surface area contributed by atoms with Crippen molar-refractivity contribution >= 4 is 17.5 Å². The van der Waals surface area contributed by atoms with Gasteiger partial charge >= 0.3 is 11.8 Å². The van der Waals surface area contributed by atoms with E-state index in [1.807, 2.05) is 6.92 Å². The molecule has 6 heteroatoms. The standard InChI is InChI=1S/C19H26FN3O2/c1-3-13-6-7-15(11-16(13)20)21-18(24)19(25)23-9-4-5-14-12-22(2)10-8-17(14)23/h6-7,11,14,17H,3-5,8-10,12H2,1-2H3,(H,21,24). The van der Waals surface area contributed by atoms with Crippen LogP contribution in [-0.4, -0.2) is 54.3 Å². The van der Waals surface area contributed by atoms with Gasteiger partial charge in [0, 0.05) is 24.8 Å². The maximum Gasteiger partial charge on any atom is 0.313 e. The molecule has 2 aliphatic rings. The van der Waals surface area contributed by atoms with E-state index in [2.05, 4.69) is 17.3 Å². The van der Waals surface area contributed by atoms with E-state index in [1.54, 1.807) is 17.0 Å². The van der Waals surface area contributed by atoms with Crippen LogP contribution in [0.1, 0.15) is 31.7 Å². The number of anilines is 1. The number of hydrogen-bond donors (Lipinski definition) is 1. The number of carbonyl (C=O) groups excluding carboxylic acids is 2. The summed E-state index contributed by atoms with van der Waals surface area (Å²) in [5.74, 6) is -1.10. The Kier molecular flexibility index (Phi) is 5.37. The van der Waals surface area contributed by atoms with Crippen molar-refractivity contribution in [3.05, 3.63) is 29.6 Å². The highest BCUT2D eigenvalue weighted by Crippen LogP contribution is 2.30. The van der Waals surface area contributed by atoms with Gasteiger partial charge in [0.2, 0.25) is 0 Å². The van der Waals surface area contributed by atoms with Crippen molar-refractivity contribution < 1.29 is 14.0 Å². The molecule has 2 amide bonds. The molecule has 2 unspecified atom stereocenters. The lowest BCUT2D eigenvalue weighted by Crippen LogP contribution is -2.57. The molecule has 0 spiro atoms. The van der Waals surface area contributed by atoms with E-state index in [0.29, 0.717) is 30.1 Å². The smallest absolute Gasteiger partial charge is 0.313 e. The number of piperidine rings is 2. The highest BCUT2D eigenvalue weighted by atomic mass is 19.1. The van der Waals surface area contributed by atoms with Crippen molar-refractivity contribution in [3.8, 4) is 0 Å². The van der Waals surface area contributed by atoms with Gasteiger partial charge in [-0.1, -0.05) is 13.0 Å². The number of benzene rings is 1. The third-order valence-corrected chi connectivity index (χ3v) is 5.42. The molecule has 5 nitrogen and oxygen atoms in total. The summed E-state index contributed by atoms with van der Waals surface area (Å²) >= 11 is 0. The SMILES string of the molecule is CCc1ccc(NC(=O)C(=O)N2CCCC3CN(C)CCC32)cc1F. The van der Waals surface area contributed by atoms with E-state index in [-0.39, 0.29) is 11.9 Å². The molecule has 136 valence electrons. The molecule has 1 aromatic carbocycles. The van der Waals surface area contributed by atoms with Gasteiger partial charge in [-0.15, -0.1) is 0 Å². The Labute approximate surface area is 148 Å². The van der Waals surface area contributed by atoms with Gasteiger partial charge in [0.25, 0.3) is 0 Å². The summed E-state index contributed by atoms with van der Waals surface area (Å²) < 4.78 is 13.9. The van der Waals surface area contributed by atoms with Crippen LogP contribution in [0.4, 0.5) is 10.1 Å². The van der Waals surface area contributed by atoms with Crippen molar-refractivity contribution in [2.75, 3.05) is 32.0 Å². The number of likely N-dealkylation sites (tertiary alicyclic amines) is 2. The third-order valence-electron chi connectivity index (χ3n) is 5.42. The second-order valence-corrected chi connectivity index (χ2v) is 7.13. The highest BCUT2D eigenvalue weighted by Gasteiger charge is 2.39. The summed E-state index contributed by atoms with van der Waals surface area (Å²) in [6.07, 6.45) is 3.52. The summed E-state index contributed by atoms with van der Waals surface area (Å²) in [6.45, 7) is 4.41. The third kappa shape index (κ3) is 3.84. The summed E-state index contributed by atoms with van der Waals surface area (Å²) in [5, 5.41) is 2.55. The Morgan fingerprint density at radius 3 is 2.80 bits per heavy atom. The van der Waals surface area contributed by atoms with Crippen LogP contribution in [0.3, 0.4) is 0 Å². The van der Waals surface area contributed by atoms with Crippen molar-refractivity contribution in [1.29, 1.82) is 0 Å². The van der Waals surface area contributed by atoms with Crippen molar-refractivity contribution in [3.63, 3.8) is 0 Å². The van der Waals surface area contributed by atoms with E-state index >= 15 is 0 Å². The van der Waals surface area contributed by atoms with E-state index in [1.165, 1.54) is 6.07 Å². The number of amides is 2. The lowest BCUT2D eigenvalue weighted by atomic mass is 9.84. The lowest BCUT2D eigenvalue weighted by molar-refractivity contribution is -0.148. The van der Waals surface area contributed by atoms with Crippen LogP contribution in [0.2, 0.25) is 0 Å². The van der Waals surface area contributed by atoms with Crippen molar-refractivity contribution in [2.24, 2.45) is 5.92 Å². The average Bonchev–Trinajstić information content (AvgIpc) is 2.60. The topological polar surface area (TPSA) is 52.7 Å². The van der Waals surface area contributed by atoms with Crippen LogP contribution in [-0.2, 0) is 16.0 Å².